The molecule has 0 saturated heterocycles. The van der Waals surface area contributed by atoms with Crippen molar-refractivity contribution in [2.75, 3.05) is 20.1 Å². The van der Waals surface area contributed by atoms with Gasteiger partial charge in [-0.1, -0.05) is 25.7 Å². The highest BCUT2D eigenvalue weighted by Gasteiger charge is 2.33. The molecule has 1 fully saturated rings. The predicted molar refractivity (Wildman–Crippen MR) is 85.7 cm³/mol. The minimum atomic E-state index is 0.232. The van der Waals surface area contributed by atoms with Crippen LogP contribution in [0.4, 0.5) is 0 Å². The zero-order chi connectivity index (χ0) is 14.5. The van der Waals surface area contributed by atoms with Crippen molar-refractivity contribution in [2.45, 2.75) is 84.7 Å². The first-order valence-corrected chi connectivity index (χ1v) is 8.19. The summed E-state index contributed by atoms with van der Waals surface area (Å²) in [6, 6.07) is 0.648. The smallest absolute Gasteiger partial charge is 0.00967 e. The van der Waals surface area contributed by atoms with E-state index in [1.807, 2.05) is 0 Å². The normalized spacial score (nSPS) is 20.8. The summed E-state index contributed by atoms with van der Waals surface area (Å²) >= 11 is 0. The molecule has 0 aliphatic heterocycles. The van der Waals surface area contributed by atoms with Crippen molar-refractivity contribution in [3.63, 3.8) is 0 Å². The molecule has 0 aromatic carbocycles. The summed E-state index contributed by atoms with van der Waals surface area (Å²) in [4.78, 5) is 2.54. The zero-order valence-electron chi connectivity index (χ0n) is 14.2. The number of rotatable bonds is 5. The molecule has 0 bridgehead atoms. The highest BCUT2D eigenvalue weighted by Crippen LogP contribution is 2.36. The lowest BCUT2D eigenvalue weighted by Crippen LogP contribution is -2.49. The second-order valence-corrected chi connectivity index (χ2v) is 8.03. The third-order valence-corrected chi connectivity index (χ3v) is 4.62. The van der Waals surface area contributed by atoms with Crippen LogP contribution < -0.4 is 5.32 Å². The Kier molecular flexibility index (Phi) is 6.32. The van der Waals surface area contributed by atoms with E-state index < -0.39 is 0 Å². The molecule has 1 aliphatic carbocycles. The molecule has 0 spiro atoms. The first-order valence-electron chi connectivity index (χ1n) is 8.19. The third kappa shape index (κ3) is 6.27. The van der Waals surface area contributed by atoms with Crippen molar-refractivity contribution in [1.29, 1.82) is 0 Å². The maximum Gasteiger partial charge on any atom is 0.00967 e. The molecule has 0 amide bonds. The van der Waals surface area contributed by atoms with E-state index in [1.165, 1.54) is 51.6 Å². The van der Waals surface area contributed by atoms with Crippen molar-refractivity contribution in [2.24, 2.45) is 5.41 Å². The fourth-order valence-electron chi connectivity index (χ4n) is 3.03. The molecule has 0 atom stereocenters. The van der Waals surface area contributed by atoms with Crippen molar-refractivity contribution < 1.29 is 0 Å². The van der Waals surface area contributed by atoms with Crippen LogP contribution in [0, 0.1) is 5.41 Å². The Bertz CT molecular complexity index is 244. The van der Waals surface area contributed by atoms with Crippen molar-refractivity contribution in [3.05, 3.63) is 0 Å². The summed E-state index contributed by atoms with van der Waals surface area (Å²) in [6.45, 7) is 13.9. The van der Waals surface area contributed by atoms with E-state index in [0.29, 0.717) is 11.5 Å². The fraction of sp³-hybridized carbons (Fsp3) is 1.00. The minimum Gasteiger partial charge on any atom is -0.311 e. The van der Waals surface area contributed by atoms with Gasteiger partial charge in [-0.3, -0.25) is 0 Å². The number of nitrogens with one attached hydrogen (secondary N) is 1. The Morgan fingerprint density at radius 2 is 1.58 bits per heavy atom. The van der Waals surface area contributed by atoms with Gasteiger partial charge in [-0.2, -0.15) is 0 Å². The van der Waals surface area contributed by atoms with Crippen molar-refractivity contribution in [3.8, 4) is 0 Å². The van der Waals surface area contributed by atoms with Gasteiger partial charge < -0.3 is 10.2 Å². The molecule has 2 heteroatoms. The van der Waals surface area contributed by atoms with Crippen molar-refractivity contribution >= 4 is 0 Å². The van der Waals surface area contributed by atoms with Gasteiger partial charge in [0.1, 0.15) is 0 Å². The second-order valence-electron chi connectivity index (χ2n) is 8.03. The van der Waals surface area contributed by atoms with Crippen LogP contribution in [0.15, 0.2) is 0 Å². The monoisotopic (exact) mass is 268 g/mol. The van der Waals surface area contributed by atoms with Crippen molar-refractivity contribution in [1.82, 2.24) is 10.2 Å². The molecule has 0 heterocycles. The van der Waals surface area contributed by atoms with E-state index in [9.17, 15) is 0 Å². The van der Waals surface area contributed by atoms with Gasteiger partial charge in [0, 0.05) is 24.7 Å². The summed E-state index contributed by atoms with van der Waals surface area (Å²) in [5, 5.41) is 3.78. The average Bonchev–Trinajstić information content (AvgIpc) is 2.52. The summed E-state index contributed by atoms with van der Waals surface area (Å²) in [5.74, 6) is 0. The second kappa shape index (κ2) is 7.08. The molecule has 114 valence electrons. The van der Waals surface area contributed by atoms with Crippen LogP contribution >= 0.6 is 0 Å². The summed E-state index contributed by atoms with van der Waals surface area (Å²) < 4.78 is 0. The zero-order valence-corrected chi connectivity index (χ0v) is 14.2. The third-order valence-electron chi connectivity index (χ3n) is 4.62. The van der Waals surface area contributed by atoms with E-state index in [1.54, 1.807) is 0 Å². The Balaban J connectivity index is 2.70. The fourth-order valence-corrected chi connectivity index (χ4v) is 3.03. The first kappa shape index (κ1) is 17.0. The SMILES string of the molecule is CC(C)N(C)CC1(CNC(C)(C)C)CCCCCC1. The van der Waals surface area contributed by atoms with E-state index in [0.717, 1.165) is 0 Å². The van der Waals surface area contributed by atoms with Gasteiger partial charge in [-0.15, -0.1) is 0 Å². The molecule has 2 nitrogen and oxygen atoms in total. The Morgan fingerprint density at radius 3 is 2.00 bits per heavy atom. The minimum absolute atomic E-state index is 0.232. The molecule has 1 aliphatic rings. The molecule has 0 aromatic rings. The Hall–Kier alpha value is -0.0800. The molecule has 0 aromatic heterocycles. The maximum atomic E-state index is 3.78. The average molecular weight is 268 g/mol. The standard InChI is InChI=1S/C17H36N2/c1-15(2)19(6)14-17(13-18-16(3,4)5)11-9-7-8-10-12-17/h15,18H,7-14H2,1-6H3. The van der Waals surface area contributed by atoms with E-state index in [2.05, 4.69) is 51.9 Å². The molecule has 1 rings (SSSR count). The molecule has 1 saturated carbocycles. The summed E-state index contributed by atoms with van der Waals surface area (Å²) in [5.41, 5.74) is 0.721. The van der Waals surface area contributed by atoms with E-state index in [-0.39, 0.29) is 5.54 Å². The lowest BCUT2D eigenvalue weighted by atomic mass is 9.79. The van der Waals surface area contributed by atoms with Crippen LogP contribution in [-0.4, -0.2) is 36.6 Å². The maximum absolute atomic E-state index is 3.78. The van der Waals surface area contributed by atoms with Crippen LogP contribution in [0.3, 0.4) is 0 Å². The summed E-state index contributed by atoms with van der Waals surface area (Å²) in [6.07, 6.45) is 8.49. The van der Waals surface area contributed by atoms with Gasteiger partial charge in [-0.05, 0) is 59.9 Å². The number of nitrogens with zero attached hydrogens (tertiary/aromatic N) is 1. The summed E-state index contributed by atoms with van der Waals surface area (Å²) in [7, 11) is 2.29. The Labute approximate surface area is 121 Å². The van der Waals surface area contributed by atoms with Crippen LogP contribution in [0.2, 0.25) is 0 Å². The van der Waals surface area contributed by atoms with E-state index in [4.69, 9.17) is 0 Å². The van der Waals surface area contributed by atoms with E-state index >= 15 is 0 Å². The molecule has 1 N–H and O–H groups in total. The molecular weight excluding hydrogens is 232 g/mol. The highest BCUT2D eigenvalue weighted by atomic mass is 15.1. The van der Waals surface area contributed by atoms with Gasteiger partial charge in [-0.25, -0.2) is 0 Å². The van der Waals surface area contributed by atoms with Gasteiger partial charge in [0.2, 0.25) is 0 Å². The van der Waals surface area contributed by atoms with Crippen LogP contribution in [0.1, 0.15) is 73.1 Å². The van der Waals surface area contributed by atoms with Gasteiger partial charge in [0.15, 0.2) is 0 Å². The molecular formula is C17H36N2. The lowest BCUT2D eigenvalue weighted by molar-refractivity contribution is 0.117. The number of hydrogen-bond acceptors (Lipinski definition) is 2. The van der Waals surface area contributed by atoms with Gasteiger partial charge >= 0.3 is 0 Å². The first-order chi connectivity index (χ1) is 8.74. The quantitative estimate of drug-likeness (QED) is 0.757. The molecule has 19 heavy (non-hydrogen) atoms. The number of hydrogen-bond donors (Lipinski definition) is 1. The van der Waals surface area contributed by atoms with Crippen LogP contribution in [0.25, 0.3) is 0 Å². The predicted octanol–water partition coefficient (Wildman–Crippen LogP) is 4.06. The van der Waals surface area contributed by atoms with Gasteiger partial charge in [0.05, 0.1) is 0 Å². The van der Waals surface area contributed by atoms with Crippen LogP contribution in [0.5, 0.6) is 0 Å². The Morgan fingerprint density at radius 1 is 1.05 bits per heavy atom. The molecule has 0 unspecified atom stereocenters. The van der Waals surface area contributed by atoms with Crippen LogP contribution in [-0.2, 0) is 0 Å². The molecule has 0 radical (unpaired) electrons. The highest BCUT2D eigenvalue weighted by molar-refractivity contribution is 4.89. The topological polar surface area (TPSA) is 15.3 Å². The largest absolute Gasteiger partial charge is 0.311 e. The van der Waals surface area contributed by atoms with Gasteiger partial charge in [0.25, 0.3) is 0 Å². The lowest BCUT2D eigenvalue weighted by Gasteiger charge is -2.40.